The molecule has 2 heterocycles. The van der Waals surface area contributed by atoms with Crippen LogP contribution in [0.4, 0.5) is 0 Å². The molecule has 0 radical (unpaired) electrons. The average molecular weight is 236 g/mol. The zero-order valence-electron chi connectivity index (χ0n) is 9.96. The molecule has 92 valence electrons. The summed E-state index contributed by atoms with van der Waals surface area (Å²) in [6.45, 7) is 4.54. The minimum absolute atomic E-state index is 0.00673. The van der Waals surface area contributed by atoms with Gasteiger partial charge in [-0.25, -0.2) is 4.98 Å². The number of ether oxygens (including phenoxy) is 1. The standard InChI is InChI=1S/C12H16N2O3/c1-8(2)17-10-4-3-5-13-11(10)12(16)14-6-9(15)7-14/h3-5,8-9,15H,6-7H2,1-2H3. The summed E-state index contributed by atoms with van der Waals surface area (Å²) < 4.78 is 5.54. The van der Waals surface area contributed by atoms with Crippen LogP contribution in [0, 0.1) is 0 Å². The third-order valence-corrected chi connectivity index (χ3v) is 2.49. The van der Waals surface area contributed by atoms with Crippen molar-refractivity contribution in [2.24, 2.45) is 0 Å². The predicted octanol–water partition coefficient (Wildman–Crippen LogP) is 0.685. The van der Waals surface area contributed by atoms with Crippen LogP contribution in [0.3, 0.4) is 0 Å². The van der Waals surface area contributed by atoms with Gasteiger partial charge >= 0.3 is 0 Å². The summed E-state index contributed by atoms with van der Waals surface area (Å²) in [5.74, 6) is 0.306. The lowest BCUT2D eigenvalue weighted by molar-refractivity contribution is 0.00516. The van der Waals surface area contributed by atoms with Crippen molar-refractivity contribution in [1.29, 1.82) is 0 Å². The third kappa shape index (κ3) is 2.55. The summed E-state index contributed by atoms with van der Waals surface area (Å²) in [6, 6.07) is 3.47. The molecule has 1 aliphatic rings. The van der Waals surface area contributed by atoms with Crippen molar-refractivity contribution in [2.75, 3.05) is 13.1 Å². The topological polar surface area (TPSA) is 62.7 Å². The Hall–Kier alpha value is -1.62. The maximum Gasteiger partial charge on any atom is 0.276 e. The number of likely N-dealkylation sites (tertiary alicyclic amines) is 1. The van der Waals surface area contributed by atoms with Crippen molar-refractivity contribution < 1.29 is 14.6 Å². The molecule has 5 heteroatoms. The highest BCUT2D eigenvalue weighted by atomic mass is 16.5. The van der Waals surface area contributed by atoms with E-state index in [-0.39, 0.29) is 12.0 Å². The molecule has 0 atom stereocenters. The lowest BCUT2D eigenvalue weighted by Crippen LogP contribution is -2.53. The van der Waals surface area contributed by atoms with Gasteiger partial charge in [-0.2, -0.15) is 0 Å². The van der Waals surface area contributed by atoms with Crippen LogP contribution in [0.25, 0.3) is 0 Å². The zero-order valence-corrected chi connectivity index (χ0v) is 9.96. The fourth-order valence-electron chi connectivity index (χ4n) is 1.67. The van der Waals surface area contributed by atoms with E-state index in [0.717, 1.165) is 0 Å². The summed E-state index contributed by atoms with van der Waals surface area (Å²) in [5, 5.41) is 9.18. The number of hydrogen-bond donors (Lipinski definition) is 1. The minimum Gasteiger partial charge on any atom is -0.489 e. The van der Waals surface area contributed by atoms with Crippen molar-refractivity contribution in [2.45, 2.75) is 26.1 Å². The summed E-state index contributed by atoms with van der Waals surface area (Å²) in [6.07, 6.45) is 1.15. The Morgan fingerprint density at radius 2 is 2.29 bits per heavy atom. The van der Waals surface area contributed by atoms with Gasteiger partial charge in [0, 0.05) is 19.3 Å². The molecule has 2 rings (SSSR count). The molecule has 0 spiro atoms. The highest BCUT2D eigenvalue weighted by Crippen LogP contribution is 2.21. The normalized spacial score (nSPS) is 15.9. The van der Waals surface area contributed by atoms with Gasteiger partial charge in [0.1, 0.15) is 0 Å². The van der Waals surface area contributed by atoms with E-state index in [9.17, 15) is 9.90 Å². The molecule has 1 aliphatic heterocycles. The highest BCUT2D eigenvalue weighted by Gasteiger charge is 2.31. The molecule has 0 saturated carbocycles. The SMILES string of the molecule is CC(C)Oc1cccnc1C(=O)N1CC(O)C1. The van der Waals surface area contributed by atoms with Crippen molar-refractivity contribution >= 4 is 5.91 Å². The number of aliphatic hydroxyl groups excluding tert-OH is 1. The van der Waals surface area contributed by atoms with Gasteiger partial charge in [0.2, 0.25) is 0 Å². The number of amides is 1. The summed E-state index contributed by atoms with van der Waals surface area (Å²) >= 11 is 0. The molecule has 1 aromatic rings. The molecular weight excluding hydrogens is 220 g/mol. The van der Waals surface area contributed by atoms with Gasteiger partial charge in [0.15, 0.2) is 11.4 Å². The van der Waals surface area contributed by atoms with E-state index in [4.69, 9.17) is 4.74 Å². The van der Waals surface area contributed by atoms with Crippen LogP contribution in [0.5, 0.6) is 5.75 Å². The number of β-amino-alcohol motifs (C(OH)–C–C–N with tert-alkyl or cyclic N) is 1. The molecule has 0 bridgehead atoms. The van der Waals surface area contributed by atoms with E-state index in [1.54, 1.807) is 23.2 Å². The number of nitrogens with zero attached hydrogens (tertiary/aromatic N) is 2. The van der Waals surface area contributed by atoms with Gasteiger partial charge in [0.25, 0.3) is 5.91 Å². The fraction of sp³-hybridized carbons (Fsp3) is 0.500. The van der Waals surface area contributed by atoms with Crippen molar-refractivity contribution in [3.05, 3.63) is 24.0 Å². The molecule has 1 fully saturated rings. The molecule has 0 aliphatic carbocycles. The molecule has 0 aromatic carbocycles. The van der Waals surface area contributed by atoms with Crippen LogP contribution in [-0.2, 0) is 0 Å². The summed E-state index contributed by atoms with van der Waals surface area (Å²) in [7, 11) is 0. The van der Waals surface area contributed by atoms with E-state index in [2.05, 4.69) is 4.98 Å². The van der Waals surface area contributed by atoms with Gasteiger partial charge in [0.05, 0.1) is 12.2 Å². The molecule has 0 unspecified atom stereocenters. The Morgan fingerprint density at radius 1 is 1.59 bits per heavy atom. The van der Waals surface area contributed by atoms with Gasteiger partial charge in [-0.15, -0.1) is 0 Å². The van der Waals surface area contributed by atoms with Crippen LogP contribution < -0.4 is 4.74 Å². The van der Waals surface area contributed by atoms with E-state index in [0.29, 0.717) is 24.5 Å². The number of hydrogen-bond acceptors (Lipinski definition) is 4. The van der Waals surface area contributed by atoms with Crippen LogP contribution in [0.2, 0.25) is 0 Å². The Morgan fingerprint density at radius 3 is 2.88 bits per heavy atom. The maximum atomic E-state index is 12.0. The number of aromatic nitrogens is 1. The third-order valence-electron chi connectivity index (χ3n) is 2.49. The first kappa shape index (κ1) is 11.9. The summed E-state index contributed by atoms with van der Waals surface area (Å²) in [4.78, 5) is 17.7. The Balaban J connectivity index is 2.16. The largest absolute Gasteiger partial charge is 0.489 e. The highest BCUT2D eigenvalue weighted by molar-refractivity contribution is 5.95. The second kappa shape index (κ2) is 4.71. The zero-order chi connectivity index (χ0) is 12.4. The van der Waals surface area contributed by atoms with Gasteiger partial charge in [-0.3, -0.25) is 4.79 Å². The van der Waals surface area contributed by atoms with E-state index in [1.807, 2.05) is 13.8 Å². The van der Waals surface area contributed by atoms with Crippen LogP contribution in [0.1, 0.15) is 24.3 Å². The Labute approximate surface area is 100 Å². The van der Waals surface area contributed by atoms with Crippen LogP contribution >= 0.6 is 0 Å². The molecule has 1 amide bonds. The van der Waals surface area contributed by atoms with E-state index < -0.39 is 6.10 Å². The second-order valence-electron chi connectivity index (χ2n) is 4.38. The molecular formula is C12H16N2O3. The lowest BCUT2D eigenvalue weighted by atomic mass is 10.1. The monoisotopic (exact) mass is 236 g/mol. The van der Waals surface area contributed by atoms with Gasteiger partial charge in [-0.05, 0) is 26.0 Å². The molecule has 1 N–H and O–H groups in total. The molecule has 5 nitrogen and oxygen atoms in total. The number of pyridine rings is 1. The fourth-order valence-corrected chi connectivity index (χ4v) is 1.67. The Kier molecular flexibility index (Phi) is 3.28. The quantitative estimate of drug-likeness (QED) is 0.838. The molecule has 17 heavy (non-hydrogen) atoms. The predicted molar refractivity (Wildman–Crippen MR) is 61.9 cm³/mol. The van der Waals surface area contributed by atoms with Crippen molar-refractivity contribution in [1.82, 2.24) is 9.88 Å². The Bertz CT molecular complexity index is 414. The number of aliphatic hydroxyl groups is 1. The number of carbonyl (C=O) groups excluding carboxylic acids is 1. The van der Waals surface area contributed by atoms with E-state index >= 15 is 0 Å². The first-order chi connectivity index (χ1) is 8.08. The van der Waals surface area contributed by atoms with E-state index in [1.165, 1.54) is 0 Å². The maximum absolute atomic E-state index is 12.0. The first-order valence-electron chi connectivity index (χ1n) is 5.67. The molecule has 1 saturated heterocycles. The van der Waals surface area contributed by atoms with Crippen molar-refractivity contribution in [3.63, 3.8) is 0 Å². The van der Waals surface area contributed by atoms with Crippen LogP contribution in [-0.4, -0.2) is 46.2 Å². The molecule has 1 aromatic heterocycles. The van der Waals surface area contributed by atoms with Gasteiger partial charge in [-0.1, -0.05) is 0 Å². The van der Waals surface area contributed by atoms with Gasteiger partial charge < -0.3 is 14.7 Å². The smallest absolute Gasteiger partial charge is 0.276 e. The minimum atomic E-state index is -0.405. The number of rotatable bonds is 3. The van der Waals surface area contributed by atoms with Crippen molar-refractivity contribution in [3.8, 4) is 5.75 Å². The summed E-state index contributed by atoms with van der Waals surface area (Å²) in [5.41, 5.74) is 0.313. The second-order valence-corrected chi connectivity index (χ2v) is 4.38. The van der Waals surface area contributed by atoms with Crippen LogP contribution in [0.15, 0.2) is 18.3 Å². The lowest BCUT2D eigenvalue weighted by Gasteiger charge is -2.35. The average Bonchev–Trinajstić information content (AvgIpc) is 2.24. The number of carbonyl (C=O) groups is 1. The first-order valence-corrected chi connectivity index (χ1v) is 5.67.